The molecule has 0 spiro atoms. The predicted molar refractivity (Wildman–Crippen MR) is 130 cm³/mol. The number of hydrogen-bond donors (Lipinski definition) is 0. The van der Waals surface area contributed by atoms with E-state index >= 15 is 0 Å². The minimum atomic E-state index is 0. The van der Waals surface area contributed by atoms with Crippen molar-refractivity contribution in [2.24, 2.45) is 0 Å². The number of hydrogen-bond acceptors (Lipinski definition) is 6. The summed E-state index contributed by atoms with van der Waals surface area (Å²) in [6.45, 7) is 0.239. The van der Waals surface area contributed by atoms with E-state index in [0.717, 1.165) is 34.1 Å². The molecule has 0 unspecified atom stereocenters. The molecule has 164 valence electrons. The Morgan fingerprint density at radius 1 is 0.939 bits per heavy atom. The molecule has 1 aliphatic rings. The van der Waals surface area contributed by atoms with Gasteiger partial charge in [0, 0.05) is 43.0 Å². The molecule has 0 atom stereocenters. The summed E-state index contributed by atoms with van der Waals surface area (Å²) in [5, 5.41) is 2.36. The van der Waals surface area contributed by atoms with Gasteiger partial charge in [-0.05, 0) is 34.5 Å². The number of anilines is 2. The Bertz CT molecular complexity index is 1440. The van der Waals surface area contributed by atoms with Crippen molar-refractivity contribution in [2.75, 3.05) is 18.7 Å². The Kier molecular flexibility index (Phi) is 5.32. The Morgan fingerprint density at radius 2 is 1.79 bits per heavy atom. The standard InChI is InChI=1S/C25H19N5O2.ClH/c1-29(20-8-9-22-23(13-20)32-16-31-22)24-21(14-27-25(28-24)30-11-10-26-15-30)19-7-6-17-4-2-3-5-18(17)12-19;/h2-15H,16H2,1H3;1H. The van der Waals surface area contributed by atoms with Crippen LogP contribution in [0.5, 0.6) is 11.5 Å². The van der Waals surface area contributed by atoms with E-state index in [1.807, 2.05) is 54.7 Å². The van der Waals surface area contributed by atoms with Gasteiger partial charge < -0.3 is 14.4 Å². The maximum Gasteiger partial charge on any atom is 0.236 e. The summed E-state index contributed by atoms with van der Waals surface area (Å²) in [5.74, 6) is 2.80. The molecular weight excluding hydrogens is 438 g/mol. The lowest BCUT2D eigenvalue weighted by atomic mass is 10.0. The summed E-state index contributed by atoms with van der Waals surface area (Å²) in [7, 11) is 1.99. The molecule has 8 heteroatoms. The monoisotopic (exact) mass is 457 g/mol. The molecule has 5 aromatic rings. The highest BCUT2D eigenvalue weighted by atomic mass is 35.5. The Balaban J connectivity index is 0.00000228. The maximum absolute atomic E-state index is 5.58. The summed E-state index contributed by atoms with van der Waals surface area (Å²) in [5.41, 5.74) is 2.91. The van der Waals surface area contributed by atoms with Crippen molar-refractivity contribution in [1.82, 2.24) is 19.5 Å². The van der Waals surface area contributed by atoms with Crippen LogP contribution in [0, 0.1) is 0 Å². The fourth-order valence-electron chi connectivity index (χ4n) is 3.90. The van der Waals surface area contributed by atoms with Crippen LogP contribution < -0.4 is 14.4 Å². The summed E-state index contributed by atoms with van der Waals surface area (Å²) >= 11 is 0. The first kappa shape index (κ1) is 20.8. The molecule has 0 aliphatic carbocycles. The van der Waals surface area contributed by atoms with E-state index in [1.165, 1.54) is 10.8 Å². The molecule has 3 aromatic carbocycles. The fourth-order valence-corrected chi connectivity index (χ4v) is 3.90. The van der Waals surface area contributed by atoms with E-state index < -0.39 is 0 Å². The van der Waals surface area contributed by atoms with Crippen molar-refractivity contribution >= 4 is 34.7 Å². The first-order chi connectivity index (χ1) is 15.8. The quantitative estimate of drug-likeness (QED) is 0.360. The Labute approximate surface area is 196 Å². The smallest absolute Gasteiger partial charge is 0.236 e. The van der Waals surface area contributed by atoms with Crippen LogP contribution in [-0.4, -0.2) is 33.4 Å². The van der Waals surface area contributed by atoms with E-state index in [1.54, 1.807) is 17.1 Å². The molecule has 1 aliphatic heterocycles. The highest BCUT2D eigenvalue weighted by Crippen LogP contribution is 2.39. The van der Waals surface area contributed by atoms with Crippen LogP contribution in [0.25, 0.3) is 27.8 Å². The molecule has 2 aromatic heterocycles. The average molecular weight is 458 g/mol. The van der Waals surface area contributed by atoms with Crippen LogP contribution in [0.4, 0.5) is 11.5 Å². The number of aromatic nitrogens is 4. The zero-order chi connectivity index (χ0) is 21.5. The van der Waals surface area contributed by atoms with Gasteiger partial charge in [0.25, 0.3) is 0 Å². The summed E-state index contributed by atoms with van der Waals surface area (Å²) < 4.78 is 12.8. The van der Waals surface area contributed by atoms with Crippen molar-refractivity contribution in [3.63, 3.8) is 0 Å². The van der Waals surface area contributed by atoms with Crippen LogP contribution in [0.15, 0.2) is 85.6 Å². The average Bonchev–Trinajstić information content (AvgIpc) is 3.55. The largest absolute Gasteiger partial charge is 0.454 e. The minimum Gasteiger partial charge on any atom is -0.454 e. The number of nitrogens with zero attached hydrogens (tertiary/aromatic N) is 5. The molecule has 0 bridgehead atoms. The van der Waals surface area contributed by atoms with Crippen molar-refractivity contribution in [1.29, 1.82) is 0 Å². The predicted octanol–water partition coefficient (Wildman–Crippen LogP) is 5.40. The summed E-state index contributed by atoms with van der Waals surface area (Å²) in [6, 6.07) is 20.6. The van der Waals surface area contributed by atoms with Crippen molar-refractivity contribution in [2.45, 2.75) is 0 Å². The summed E-state index contributed by atoms with van der Waals surface area (Å²) in [4.78, 5) is 15.7. The van der Waals surface area contributed by atoms with Crippen LogP contribution in [0.3, 0.4) is 0 Å². The van der Waals surface area contributed by atoms with Crippen molar-refractivity contribution in [3.8, 4) is 28.6 Å². The van der Waals surface area contributed by atoms with Crippen LogP contribution >= 0.6 is 12.4 Å². The van der Waals surface area contributed by atoms with Gasteiger partial charge in [-0.2, -0.15) is 4.98 Å². The zero-order valence-corrected chi connectivity index (χ0v) is 18.6. The third-order valence-corrected chi connectivity index (χ3v) is 5.61. The lowest BCUT2D eigenvalue weighted by molar-refractivity contribution is 0.174. The third-order valence-electron chi connectivity index (χ3n) is 5.61. The number of halogens is 1. The van der Waals surface area contributed by atoms with E-state index in [-0.39, 0.29) is 19.2 Å². The number of ether oxygens (including phenoxy) is 2. The zero-order valence-electron chi connectivity index (χ0n) is 17.8. The number of imidazole rings is 1. The van der Waals surface area contributed by atoms with Gasteiger partial charge in [0.05, 0.1) is 0 Å². The van der Waals surface area contributed by atoms with Gasteiger partial charge in [-0.1, -0.05) is 36.4 Å². The number of benzene rings is 3. The normalized spacial score (nSPS) is 11.9. The molecule has 0 saturated carbocycles. The SMILES string of the molecule is CN(c1ccc2c(c1)OCO2)c1nc(-n2ccnc2)ncc1-c1ccc2ccccc2c1.Cl. The Morgan fingerprint density at radius 3 is 2.64 bits per heavy atom. The first-order valence-electron chi connectivity index (χ1n) is 10.2. The number of fused-ring (bicyclic) bond motifs is 2. The second kappa shape index (κ2) is 8.44. The second-order valence-electron chi connectivity index (χ2n) is 7.54. The van der Waals surface area contributed by atoms with Crippen molar-refractivity contribution < 1.29 is 9.47 Å². The highest BCUT2D eigenvalue weighted by Gasteiger charge is 2.19. The molecule has 0 N–H and O–H groups in total. The highest BCUT2D eigenvalue weighted by molar-refractivity contribution is 5.90. The molecule has 0 radical (unpaired) electrons. The molecule has 7 nitrogen and oxygen atoms in total. The van der Waals surface area contributed by atoms with E-state index in [2.05, 4.69) is 40.3 Å². The van der Waals surface area contributed by atoms with Gasteiger partial charge in [0.15, 0.2) is 11.5 Å². The molecule has 33 heavy (non-hydrogen) atoms. The lowest BCUT2D eigenvalue weighted by Crippen LogP contribution is -2.14. The second-order valence-corrected chi connectivity index (χ2v) is 7.54. The number of rotatable bonds is 4. The van der Waals surface area contributed by atoms with Gasteiger partial charge in [-0.25, -0.2) is 9.97 Å². The molecule has 0 amide bonds. The molecule has 6 rings (SSSR count). The summed E-state index contributed by atoms with van der Waals surface area (Å²) in [6.07, 6.45) is 7.10. The minimum absolute atomic E-state index is 0. The topological polar surface area (TPSA) is 65.3 Å². The van der Waals surface area contributed by atoms with Gasteiger partial charge in [-0.15, -0.1) is 12.4 Å². The third kappa shape index (κ3) is 3.72. The molecule has 3 heterocycles. The molecule has 0 fully saturated rings. The fraction of sp³-hybridized carbons (Fsp3) is 0.0800. The Hall–Kier alpha value is -4.10. The first-order valence-corrected chi connectivity index (χ1v) is 10.2. The lowest BCUT2D eigenvalue weighted by Gasteiger charge is -2.22. The van der Waals surface area contributed by atoms with Crippen LogP contribution in [0.2, 0.25) is 0 Å². The van der Waals surface area contributed by atoms with Gasteiger partial charge >= 0.3 is 0 Å². The molecular formula is C25H20ClN5O2. The van der Waals surface area contributed by atoms with E-state index in [9.17, 15) is 0 Å². The van der Waals surface area contributed by atoms with Gasteiger partial charge in [-0.3, -0.25) is 4.57 Å². The van der Waals surface area contributed by atoms with Crippen LogP contribution in [0.1, 0.15) is 0 Å². The van der Waals surface area contributed by atoms with Crippen molar-refractivity contribution in [3.05, 3.63) is 85.6 Å². The van der Waals surface area contributed by atoms with Gasteiger partial charge in [0.1, 0.15) is 12.1 Å². The van der Waals surface area contributed by atoms with Gasteiger partial charge in [0.2, 0.25) is 12.7 Å². The van der Waals surface area contributed by atoms with Crippen LogP contribution in [-0.2, 0) is 0 Å². The molecule has 0 saturated heterocycles. The van der Waals surface area contributed by atoms with E-state index in [4.69, 9.17) is 14.5 Å². The maximum atomic E-state index is 5.58. The van der Waals surface area contributed by atoms with E-state index in [0.29, 0.717) is 5.95 Å².